The van der Waals surface area contributed by atoms with Gasteiger partial charge in [0.1, 0.15) is 25.0 Å². The van der Waals surface area contributed by atoms with E-state index in [2.05, 4.69) is 51.0 Å². The molecule has 1 unspecified atom stereocenters. The lowest BCUT2D eigenvalue weighted by atomic mass is 10.00. The fourth-order valence-corrected chi connectivity index (χ4v) is 4.14. The van der Waals surface area contributed by atoms with Gasteiger partial charge in [0.15, 0.2) is 0 Å². The molecule has 2 N–H and O–H groups in total. The molecule has 1 saturated heterocycles. The zero-order valence-corrected chi connectivity index (χ0v) is 20.9. The van der Waals surface area contributed by atoms with Crippen LogP contribution in [-0.2, 0) is 6.54 Å². The minimum absolute atomic E-state index is 0. The largest absolute Gasteiger partial charge is 0.492 e. The van der Waals surface area contributed by atoms with E-state index in [1.54, 1.807) is 11.0 Å². The van der Waals surface area contributed by atoms with Crippen LogP contribution < -0.4 is 15.4 Å². The smallest absolute Gasteiger partial charge is 0.251 e. The monoisotopic (exact) mass is 513 g/mol. The van der Waals surface area contributed by atoms with Gasteiger partial charge in [-0.05, 0) is 71.6 Å². The number of hydrogen-bond donors (Lipinski definition) is 2. The van der Waals surface area contributed by atoms with Crippen molar-refractivity contribution < 1.29 is 9.53 Å². The minimum Gasteiger partial charge on any atom is -0.492 e. The van der Waals surface area contributed by atoms with Gasteiger partial charge in [-0.1, -0.05) is 30.3 Å². The van der Waals surface area contributed by atoms with Gasteiger partial charge in [0.25, 0.3) is 5.91 Å². The van der Waals surface area contributed by atoms with E-state index in [0.29, 0.717) is 31.3 Å². The quantitative estimate of drug-likeness (QED) is 0.362. The molecule has 7 nitrogen and oxygen atoms in total. The molecule has 1 fully saturated rings. The van der Waals surface area contributed by atoms with Crippen LogP contribution in [0.4, 0.5) is 0 Å². The molecule has 0 bridgehead atoms. The second-order valence-electron chi connectivity index (χ2n) is 8.32. The lowest BCUT2D eigenvalue weighted by Crippen LogP contribution is -2.28. The van der Waals surface area contributed by atoms with Crippen molar-refractivity contribution in [2.75, 3.05) is 19.7 Å². The lowest BCUT2D eigenvalue weighted by Gasteiger charge is -2.12. The highest BCUT2D eigenvalue weighted by Gasteiger charge is 2.14. The molecule has 5 rings (SSSR count). The Bertz CT molecular complexity index is 1230. The predicted molar refractivity (Wildman–Crippen MR) is 143 cm³/mol. The van der Waals surface area contributed by atoms with E-state index in [1.807, 2.05) is 30.3 Å². The third-order valence-corrected chi connectivity index (χ3v) is 6.00. The first-order valence-electron chi connectivity index (χ1n) is 11.4. The van der Waals surface area contributed by atoms with E-state index in [-0.39, 0.29) is 30.7 Å². The zero-order valence-electron chi connectivity index (χ0n) is 19.2. The molecule has 35 heavy (non-hydrogen) atoms. The first-order chi connectivity index (χ1) is 16.2. The van der Waals surface area contributed by atoms with Gasteiger partial charge < -0.3 is 15.4 Å². The van der Waals surface area contributed by atoms with Gasteiger partial charge in [0.05, 0.1) is 6.54 Å². The maximum atomic E-state index is 12.5. The summed E-state index contributed by atoms with van der Waals surface area (Å²) in [5, 5.41) is 12.5. The molecule has 9 heteroatoms. The number of halogens is 2. The summed E-state index contributed by atoms with van der Waals surface area (Å²) >= 11 is 0. The van der Waals surface area contributed by atoms with Crippen LogP contribution in [0, 0.1) is 0 Å². The first-order valence-corrected chi connectivity index (χ1v) is 11.4. The highest BCUT2D eigenvalue weighted by molar-refractivity contribution is 5.99. The second kappa shape index (κ2) is 12.5. The maximum Gasteiger partial charge on any atom is 0.251 e. The Kier molecular flexibility index (Phi) is 9.48. The lowest BCUT2D eigenvalue weighted by molar-refractivity contribution is 0.0952. The zero-order chi connectivity index (χ0) is 22.5. The number of hydrogen-bond acceptors (Lipinski definition) is 5. The van der Waals surface area contributed by atoms with Crippen molar-refractivity contribution in [2.45, 2.75) is 25.4 Å². The number of nitrogens with zero attached hydrogens (tertiary/aromatic N) is 3. The van der Waals surface area contributed by atoms with Crippen LogP contribution in [-0.4, -0.2) is 46.4 Å². The number of carbonyl (C=O) groups excluding carboxylic acids is 1. The van der Waals surface area contributed by atoms with Gasteiger partial charge in [-0.15, -0.1) is 24.8 Å². The molecule has 184 valence electrons. The van der Waals surface area contributed by atoms with Crippen LogP contribution in [0.1, 0.15) is 23.2 Å². The number of nitrogens with one attached hydrogen (secondary N) is 2. The van der Waals surface area contributed by atoms with Crippen molar-refractivity contribution in [2.24, 2.45) is 0 Å². The normalized spacial score (nSPS) is 14.7. The second-order valence-corrected chi connectivity index (χ2v) is 8.32. The number of fused-ring (bicyclic) bond motifs is 1. The molecule has 0 saturated carbocycles. The van der Waals surface area contributed by atoms with E-state index < -0.39 is 0 Å². The van der Waals surface area contributed by atoms with Crippen LogP contribution in [0.15, 0.2) is 73.3 Å². The Labute approximate surface area is 217 Å². The summed E-state index contributed by atoms with van der Waals surface area (Å²) in [7, 11) is 0. The van der Waals surface area contributed by atoms with E-state index in [4.69, 9.17) is 4.74 Å². The van der Waals surface area contributed by atoms with Gasteiger partial charge in [0.2, 0.25) is 0 Å². The fraction of sp³-hybridized carbons (Fsp3) is 0.269. The molecule has 1 amide bonds. The van der Waals surface area contributed by atoms with E-state index in [0.717, 1.165) is 34.2 Å². The average Bonchev–Trinajstić information content (AvgIpc) is 3.57. The molecule has 3 aromatic carbocycles. The Morgan fingerprint density at radius 3 is 2.54 bits per heavy atom. The van der Waals surface area contributed by atoms with Gasteiger partial charge in [0, 0.05) is 18.2 Å². The molecule has 0 aliphatic carbocycles. The number of benzene rings is 3. The molecule has 1 aliphatic heterocycles. The maximum absolute atomic E-state index is 12.5. The minimum atomic E-state index is -0.0931. The summed E-state index contributed by atoms with van der Waals surface area (Å²) < 4.78 is 7.62. The average molecular weight is 514 g/mol. The summed E-state index contributed by atoms with van der Waals surface area (Å²) in [4.78, 5) is 16.4. The SMILES string of the molecule is Cl.Cl.O=C(NCCn1cncn1)c1ccc2cc(-c3ccc(OCC4CCCN4)cc3)ccc2c1. The first kappa shape index (κ1) is 26.5. The predicted octanol–water partition coefficient (Wildman–Crippen LogP) is 4.50. The van der Waals surface area contributed by atoms with E-state index >= 15 is 0 Å². The fourth-order valence-electron chi connectivity index (χ4n) is 4.14. The van der Waals surface area contributed by atoms with Crippen LogP contribution in [0.5, 0.6) is 5.75 Å². The molecule has 1 aromatic heterocycles. The van der Waals surface area contributed by atoms with Crippen LogP contribution in [0.25, 0.3) is 21.9 Å². The molecule has 1 aliphatic rings. The van der Waals surface area contributed by atoms with Gasteiger partial charge in [-0.2, -0.15) is 5.10 Å². The standard InChI is InChI=1S/C26H27N5O2.2ClH/c32-26(29-12-13-31-18-27-17-30-31)23-6-5-21-14-20(3-4-22(21)15-23)19-7-9-25(10-8-19)33-16-24-2-1-11-28-24;;/h3-10,14-15,17-18,24,28H,1-2,11-13,16H2,(H,29,32);2*1H. The molecular weight excluding hydrogens is 485 g/mol. The molecule has 0 spiro atoms. The molecule has 2 heterocycles. The number of carbonyl (C=O) groups is 1. The topological polar surface area (TPSA) is 81.1 Å². The number of rotatable bonds is 8. The van der Waals surface area contributed by atoms with Crippen molar-refractivity contribution >= 4 is 41.5 Å². The number of ether oxygens (including phenoxy) is 1. The van der Waals surface area contributed by atoms with E-state index in [1.165, 1.54) is 19.2 Å². The van der Waals surface area contributed by atoms with Crippen LogP contribution in [0.3, 0.4) is 0 Å². The van der Waals surface area contributed by atoms with Crippen molar-refractivity contribution in [3.8, 4) is 16.9 Å². The number of amides is 1. The highest BCUT2D eigenvalue weighted by Crippen LogP contribution is 2.27. The number of aromatic nitrogens is 3. The summed E-state index contributed by atoms with van der Waals surface area (Å²) in [5.41, 5.74) is 2.92. The summed E-state index contributed by atoms with van der Waals surface area (Å²) in [6.07, 6.45) is 5.53. The Balaban J connectivity index is 0.00000171. The van der Waals surface area contributed by atoms with Crippen molar-refractivity contribution in [1.29, 1.82) is 0 Å². The summed E-state index contributed by atoms with van der Waals surface area (Å²) in [5.74, 6) is 0.803. The van der Waals surface area contributed by atoms with Gasteiger partial charge in [-0.3, -0.25) is 9.48 Å². The Hall–Kier alpha value is -3.13. The van der Waals surface area contributed by atoms with Crippen LogP contribution in [0.2, 0.25) is 0 Å². The molecule has 0 radical (unpaired) electrons. The molecular formula is C26H29Cl2N5O2. The van der Waals surface area contributed by atoms with Gasteiger partial charge >= 0.3 is 0 Å². The van der Waals surface area contributed by atoms with Gasteiger partial charge in [-0.25, -0.2) is 4.98 Å². The Morgan fingerprint density at radius 1 is 1.03 bits per heavy atom. The molecule has 1 atom stereocenters. The van der Waals surface area contributed by atoms with E-state index in [9.17, 15) is 4.79 Å². The third-order valence-electron chi connectivity index (χ3n) is 6.00. The molecule has 4 aromatic rings. The van der Waals surface area contributed by atoms with Crippen LogP contribution >= 0.6 is 24.8 Å². The Morgan fingerprint density at radius 2 is 1.80 bits per heavy atom. The summed E-state index contributed by atoms with van der Waals surface area (Å²) in [6.45, 7) is 2.89. The highest BCUT2D eigenvalue weighted by atomic mass is 35.5. The van der Waals surface area contributed by atoms with Crippen molar-refractivity contribution in [3.05, 3.63) is 78.9 Å². The third kappa shape index (κ3) is 6.72. The van der Waals surface area contributed by atoms with Crippen molar-refractivity contribution in [3.63, 3.8) is 0 Å². The van der Waals surface area contributed by atoms with Crippen molar-refractivity contribution in [1.82, 2.24) is 25.4 Å². The summed E-state index contributed by atoms with van der Waals surface area (Å²) in [6, 6.07) is 20.8.